The van der Waals surface area contributed by atoms with Crippen LogP contribution in [0.2, 0.25) is 5.15 Å². The molecule has 2 rings (SSSR count). The molecule has 0 radical (unpaired) electrons. The van der Waals surface area contributed by atoms with E-state index in [1.165, 1.54) is 12.3 Å². The van der Waals surface area contributed by atoms with Gasteiger partial charge in [-0.05, 0) is 28.1 Å². The number of aromatic nitrogens is 2. The maximum atomic E-state index is 12.6. The largest absolute Gasteiger partial charge is 0.431 e. The van der Waals surface area contributed by atoms with Crippen molar-refractivity contribution in [1.29, 1.82) is 0 Å². The molecule has 0 unspecified atom stereocenters. The average Bonchev–Trinajstić information content (AvgIpc) is 2.48. The predicted molar refractivity (Wildman–Crippen MR) is 52.9 cm³/mol. The van der Waals surface area contributed by atoms with Gasteiger partial charge in [-0.25, -0.2) is 4.98 Å². The average molecular weight is 299 g/mol. The number of pyridine rings is 1. The zero-order chi connectivity index (χ0) is 11.2. The minimum Gasteiger partial charge on any atom is -0.278 e. The minimum absolute atomic E-state index is 0.0707. The fourth-order valence-corrected chi connectivity index (χ4v) is 1.88. The highest BCUT2D eigenvalue weighted by atomic mass is 79.9. The molecule has 0 spiro atoms. The van der Waals surface area contributed by atoms with Crippen LogP contribution in [0.4, 0.5) is 13.2 Å². The van der Waals surface area contributed by atoms with Crippen molar-refractivity contribution in [3.05, 3.63) is 33.6 Å². The van der Waals surface area contributed by atoms with E-state index in [4.69, 9.17) is 11.6 Å². The number of fused-ring (bicyclic) bond motifs is 1. The van der Waals surface area contributed by atoms with Crippen LogP contribution in [0.1, 0.15) is 5.69 Å². The van der Waals surface area contributed by atoms with E-state index in [0.717, 1.165) is 10.5 Å². The van der Waals surface area contributed by atoms with Crippen LogP contribution in [0, 0.1) is 0 Å². The molecule has 0 fully saturated rings. The number of hydrogen-bond donors (Lipinski definition) is 0. The Morgan fingerprint density at radius 2 is 2.00 bits per heavy atom. The van der Waals surface area contributed by atoms with Gasteiger partial charge in [-0.3, -0.25) is 4.40 Å². The number of imidazole rings is 1. The molecule has 0 N–H and O–H groups in total. The molecule has 2 nitrogen and oxygen atoms in total. The molecule has 0 amide bonds. The number of halogens is 5. The second-order valence-electron chi connectivity index (χ2n) is 2.80. The first-order chi connectivity index (χ1) is 6.91. The molecule has 0 aliphatic rings. The smallest absolute Gasteiger partial charge is 0.278 e. The monoisotopic (exact) mass is 298 g/mol. The molecule has 0 saturated carbocycles. The van der Waals surface area contributed by atoms with Gasteiger partial charge in [0.05, 0.1) is 10.7 Å². The maximum absolute atomic E-state index is 12.6. The third-order valence-electron chi connectivity index (χ3n) is 1.85. The van der Waals surface area contributed by atoms with E-state index in [-0.39, 0.29) is 10.8 Å². The summed E-state index contributed by atoms with van der Waals surface area (Å²) in [6, 6.07) is 2.24. The van der Waals surface area contributed by atoms with Gasteiger partial charge in [-0.2, -0.15) is 13.2 Å². The van der Waals surface area contributed by atoms with E-state index < -0.39 is 11.9 Å². The highest BCUT2D eigenvalue weighted by Gasteiger charge is 2.34. The first kappa shape index (κ1) is 10.8. The van der Waals surface area contributed by atoms with Gasteiger partial charge in [0.2, 0.25) is 0 Å². The van der Waals surface area contributed by atoms with Crippen LogP contribution in [-0.4, -0.2) is 9.38 Å². The summed E-state index contributed by atoms with van der Waals surface area (Å²) in [7, 11) is 0. The Morgan fingerprint density at radius 1 is 1.33 bits per heavy atom. The minimum atomic E-state index is -4.46. The number of nitrogens with zero attached hydrogens (tertiary/aromatic N) is 2. The summed E-state index contributed by atoms with van der Waals surface area (Å²) < 4.78 is 39.1. The van der Waals surface area contributed by atoms with Crippen molar-refractivity contribution >= 4 is 33.2 Å². The molecule has 15 heavy (non-hydrogen) atoms. The van der Waals surface area contributed by atoms with Crippen molar-refractivity contribution < 1.29 is 13.2 Å². The first-order valence-electron chi connectivity index (χ1n) is 3.80. The van der Waals surface area contributed by atoms with Gasteiger partial charge in [-0.1, -0.05) is 11.6 Å². The molecule has 0 atom stereocenters. The molecule has 0 aliphatic carbocycles. The Bertz CT molecular complexity index is 520. The Balaban J connectivity index is 2.87. The summed E-state index contributed by atoms with van der Waals surface area (Å²) >= 11 is 8.74. The van der Waals surface area contributed by atoms with E-state index in [1.807, 2.05) is 0 Å². The lowest BCUT2D eigenvalue weighted by Gasteiger charge is -2.10. The molecule has 2 aromatic rings. The van der Waals surface area contributed by atoms with Gasteiger partial charge in [0.1, 0.15) is 10.8 Å². The fourth-order valence-electron chi connectivity index (χ4n) is 1.25. The quantitative estimate of drug-likeness (QED) is 0.724. The van der Waals surface area contributed by atoms with Crippen LogP contribution >= 0.6 is 27.5 Å². The third-order valence-corrected chi connectivity index (χ3v) is 2.74. The number of rotatable bonds is 0. The summed E-state index contributed by atoms with van der Waals surface area (Å²) in [5, 5.41) is -0.0707. The standard InChI is InChI=1S/C8H3BrClF3N2/c9-4-1-2-5(8(11,12)13)15-6(10)3-14-7(4)15/h1-3H. The van der Waals surface area contributed by atoms with E-state index in [2.05, 4.69) is 20.9 Å². The predicted octanol–water partition coefficient (Wildman–Crippen LogP) is 3.77. The Labute approximate surface area is 95.8 Å². The van der Waals surface area contributed by atoms with Gasteiger partial charge in [-0.15, -0.1) is 0 Å². The van der Waals surface area contributed by atoms with Crippen LogP contribution < -0.4 is 0 Å². The Morgan fingerprint density at radius 3 is 2.60 bits per heavy atom. The highest BCUT2D eigenvalue weighted by Crippen LogP contribution is 2.33. The van der Waals surface area contributed by atoms with Gasteiger partial charge >= 0.3 is 6.18 Å². The molecule has 80 valence electrons. The van der Waals surface area contributed by atoms with E-state index >= 15 is 0 Å². The van der Waals surface area contributed by atoms with Gasteiger partial charge < -0.3 is 0 Å². The highest BCUT2D eigenvalue weighted by molar-refractivity contribution is 9.10. The van der Waals surface area contributed by atoms with Crippen molar-refractivity contribution in [3.63, 3.8) is 0 Å². The van der Waals surface area contributed by atoms with Gasteiger partial charge in [0, 0.05) is 0 Å². The normalized spacial score (nSPS) is 12.3. The molecule has 0 saturated heterocycles. The molecule has 0 bridgehead atoms. The molecule has 2 aromatic heterocycles. The maximum Gasteiger partial charge on any atom is 0.431 e. The van der Waals surface area contributed by atoms with Crippen molar-refractivity contribution in [2.75, 3.05) is 0 Å². The van der Waals surface area contributed by atoms with Crippen LogP contribution in [0.5, 0.6) is 0 Å². The summed E-state index contributed by atoms with van der Waals surface area (Å²) in [6.07, 6.45) is -3.28. The molecule has 0 aliphatic heterocycles. The van der Waals surface area contributed by atoms with Crippen LogP contribution in [0.15, 0.2) is 22.8 Å². The number of hydrogen-bond acceptors (Lipinski definition) is 1. The second-order valence-corrected chi connectivity index (χ2v) is 4.05. The summed E-state index contributed by atoms with van der Waals surface area (Å²) in [5.74, 6) is 0. The SMILES string of the molecule is FC(F)(F)c1ccc(Br)c2ncc(Cl)n12. The van der Waals surface area contributed by atoms with Gasteiger partial charge in [0.15, 0.2) is 5.65 Å². The van der Waals surface area contributed by atoms with Crippen LogP contribution in [0.25, 0.3) is 5.65 Å². The van der Waals surface area contributed by atoms with Crippen LogP contribution in [0.3, 0.4) is 0 Å². The Hall–Kier alpha value is -0.750. The van der Waals surface area contributed by atoms with Crippen molar-refractivity contribution in [2.24, 2.45) is 0 Å². The zero-order valence-electron chi connectivity index (χ0n) is 7.02. The summed E-state index contributed by atoms with van der Waals surface area (Å²) in [4.78, 5) is 3.78. The lowest BCUT2D eigenvalue weighted by Crippen LogP contribution is -2.11. The van der Waals surface area contributed by atoms with Gasteiger partial charge in [0.25, 0.3) is 0 Å². The molecule has 2 heterocycles. The first-order valence-corrected chi connectivity index (χ1v) is 4.97. The molecular weight excluding hydrogens is 296 g/mol. The number of alkyl halides is 3. The molecular formula is C8H3BrClF3N2. The zero-order valence-corrected chi connectivity index (χ0v) is 9.36. The lowest BCUT2D eigenvalue weighted by molar-refractivity contribution is -0.142. The molecule has 7 heteroatoms. The van der Waals surface area contributed by atoms with Crippen molar-refractivity contribution in [3.8, 4) is 0 Å². The topological polar surface area (TPSA) is 17.3 Å². The third kappa shape index (κ3) is 1.72. The second kappa shape index (κ2) is 3.38. The fraction of sp³-hybridized carbons (Fsp3) is 0.125. The lowest BCUT2D eigenvalue weighted by atomic mass is 10.3. The summed E-state index contributed by atoms with van der Waals surface area (Å²) in [6.45, 7) is 0. The van der Waals surface area contributed by atoms with Crippen LogP contribution in [-0.2, 0) is 6.18 Å². The van der Waals surface area contributed by atoms with E-state index in [9.17, 15) is 13.2 Å². The van der Waals surface area contributed by atoms with Crippen molar-refractivity contribution in [1.82, 2.24) is 9.38 Å². The Kier molecular flexibility index (Phi) is 2.42. The van der Waals surface area contributed by atoms with Crippen molar-refractivity contribution in [2.45, 2.75) is 6.18 Å². The van der Waals surface area contributed by atoms with E-state index in [1.54, 1.807) is 0 Å². The van der Waals surface area contributed by atoms with E-state index in [0.29, 0.717) is 4.47 Å². The molecule has 0 aromatic carbocycles. The summed E-state index contributed by atoms with van der Waals surface area (Å²) in [5.41, 5.74) is -0.696.